The van der Waals surface area contributed by atoms with Gasteiger partial charge in [-0.15, -0.1) is 11.3 Å². The summed E-state index contributed by atoms with van der Waals surface area (Å²) in [5.41, 5.74) is 2.19. The first kappa shape index (κ1) is 14.9. The third kappa shape index (κ3) is 2.99. The van der Waals surface area contributed by atoms with Gasteiger partial charge in [-0.25, -0.2) is 9.78 Å². The van der Waals surface area contributed by atoms with Gasteiger partial charge in [0.25, 0.3) is 5.91 Å². The maximum atomic E-state index is 12.5. The minimum absolute atomic E-state index is 0.0790. The lowest BCUT2D eigenvalue weighted by Gasteiger charge is -2.31. The van der Waals surface area contributed by atoms with Crippen molar-refractivity contribution in [2.24, 2.45) is 0 Å². The Morgan fingerprint density at radius 1 is 1.50 bits per heavy atom. The van der Waals surface area contributed by atoms with Crippen molar-refractivity contribution in [2.45, 2.75) is 32.3 Å². The largest absolute Gasteiger partial charge is 0.479 e. The Balaban J connectivity index is 2.20. The molecular formula is C13H18N2O4S. The molecule has 2 heterocycles. The Morgan fingerprint density at radius 3 is 2.80 bits per heavy atom. The summed E-state index contributed by atoms with van der Waals surface area (Å²) in [7, 11) is 0. The number of carbonyl (C=O) groups excluding carboxylic acids is 1. The van der Waals surface area contributed by atoms with Crippen LogP contribution in [0.4, 0.5) is 0 Å². The van der Waals surface area contributed by atoms with Crippen LogP contribution in [0.1, 0.15) is 36.1 Å². The number of carboxylic acid groups (broad SMARTS) is 1. The van der Waals surface area contributed by atoms with Crippen molar-refractivity contribution in [3.05, 3.63) is 16.1 Å². The lowest BCUT2D eigenvalue weighted by molar-refractivity contribution is -0.154. The second-order valence-electron chi connectivity index (χ2n) is 5.73. The number of carboxylic acids is 1. The van der Waals surface area contributed by atoms with Gasteiger partial charge in [0.2, 0.25) is 0 Å². The third-order valence-corrected chi connectivity index (χ3v) is 3.92. The van der Waals surface area contributed by atoms with Crippen molar-refractivity contribution < 1.29 is 19.4 Å². The van der Waals surface area contributed by atoms with Crippen LogP contribution in [-0.4, -0.2) is 52.7 Å². The van der Waals surface area contributed by atoms with Crippen LogP contribution in [0.25, 0.3) is 0 Å². The number of rotatable bonds is 2. The van der Waals surface area contributed by atoms with E-state index in [4.69, 9.17) is 9.84 Å². The van der Waals surface area contributed by atoms with Gasteiger partial charge in [0.05, 0.1) is 24.4 Å². The first-order valence-corrected chi connectivity index (χ1v) is 7.26. The van der Waals surface area contributed by atoms with Crippen molar-refractivity contribution in [1.29, 1.82) is 0 Å². The summed E-state index contributed by atoms with van der Waals surface area (Å²) >= 11 is 1.30. The Kier molecular flexibility index (Phi) is 4.10. The van der Waals surface area contributed by atoms with Crippen LogP contribution in [0.2, 0.25) is 0 Å². The molecule has 0 radical (unpaired) electrons. The highest BCUT2D eigenvalue weighted by Gasteiger charge is 2.33. The molecule has 1 atom stereocenters. The molecule has 6 nitrogen and oxygen atoms in total. The standard InChI is InChI=1S/C13H18N2O4S/c1-13(2,3)10-9(20-7-14-10)11(16)15-4-5-19-8(6-15)12(17)18/h7-8H,4-6H2,1-3H3,(H,17,18)/t8-/m1/s1. The van der Waals surface area contributed by atoms with Crippen molar-refractivity contribution in [3.8, 4) is 0 Å². The summed E-state index contributed by atoms with van der Waals surface area (Å²) < 4.78 is 5.13. The summed E-state index contributed by atoms with van der Waals surface area (Å²) in [4.78, 5) is 29.9. The van der Waals surface area contributed by atoms with Gasteiger partial charge >= 0.3 is 5.97 Å². The molecule has 1 aromatic heterocycles. The zero-order valence-electron chi connectivity index (χ0n) is 11.8. The summed E-state index contributed by atoms with van der Waals surface area (Å²) in [6, 6.07) is 0. The lowest BCUT2D eigenvalue weighted by Crippen LogP contribution is -2.48. The van der Waals surface area contributed by atoms with Crippen LogP contribution >= 0.6 is 11.3 Å². The highest BCUT2D eigenvalue weighted by Crippen LogP contribution is 2.28. The van der Waals surface area contributed by atoms with Crippen molar-refractivity contribution >= 4 is 23.2 Å². The fraction of sp³-hybridized carbons (Fsp3) is 0.615. The molecule has 1 aromatic rings. The molecule has 0 aromatic carbocycles. The Hall–Kier alpha value is -1.47. The smallest absolute Gasteiger partial charge is 0.334 e. The Labute approximate surface area is 121 Å². The van der Waals surface area contributed by atoms with Crippen LogP contribution in [0.5, 0.6) is 0 Å². The number of hydrogen-bond acceptors (Lipinski definition) is 5. The van der Waals surface area contributed by atoms with E-state index in [1.807, 2.05) is 20.8 Å². The minimum atomic E-state index is -1.04. The average molecular weight is 298 g/mol. The molecule has 0 unspecified atom stereocenters. The number of morpholine rings is 1. The lowest BCUT2D eigenvalue weighted by atomic mass is 9.91. The van der Waals surface area contributed by atoms with Crippen LogP contribution in [0.15, 0.2) is 5.51 Å². The van der Waals surface area contributed by atoms with E-state index < -0.39 is 12.1 Å². The second kappa shape index (κ2) is 5.49. The predicted octanol–water partition coefficient (Wildman–Crippen LogP) is 1.37. The van der Waals surface area contributed by atoms with Gasteiger partial charge in [-0.1, -0.05) is 20.8 Å². The fourth-order valence-corrected chi connectivity index (χ4v) is 3.02. The average Bonchev–Trinajstić information content (AvgIpc) is 2.87. The number of aliphatic carboxylic acids is 1. The SMILES string of the molecule is CC(C)(C)c1ncsc1C(=O)N1CCO[C@@H](C(=O)O)C1. The summed E-state index contributed by atoms with van der Waals surface area (Å²) in [6.45, 7) is 6.72. The van der Waals surface area contributed by atoms with Gasteiger partial charge in [-0.05, 0) is 0 Å². The van der Waals surface area contributed by atoms with Gasteiger partial charge < -0.3 is 14.7 Å². The summed E-state index contributed by atoms with van der Waals surface area (Å²) in [6.07, 6.45) is -0.946. The van der Waals surface area contributed by atoms with Crippen LogP contribution in [-0.2, 0) is 14.9 Å². The van der Waals surface area contributed by atoms with E-state index in [1.165, 1.54) is 16.2 Å². The first-order valence-electron chi connectivity index (χ1n) is 6.38. The number of amides is 1. The molecule has 110 valence electrons. The van der Waals surface area contributed by atoms with E-state index in [9.17, 15) is 9.59 Å². The van der Waals surface area contributed by atoms with E-state index in [-0.39, 0.29) is 24.5 Å². The first-order chi connectivity index (χ1) is 9.30. The normalized spacial score (nSPS) is 19.9. The number of hydrogen-bond donors (Lipinski definition) is 1. The maximum Gasteiger partial charge on any atom is 0.334 e. The van der Waals surface area contributed by atoms with Gasteiger partial charge in [0.15, 0.2) is 6.10 Å². The van der Waals surface area contributed by atoms with Gasteiger partial charge in [0, 0.05) is 12.0 Å². The van der Waals surface area contributed by atoms with Crippen molar-refractivity contribution in [3.63, 3.8) is 0 Å². The molecular weight excluding hydrogens is 280 g/mol. The molecule has 1 N–H and O–H groups in total. The zero-order chi connectivity index (χ0) is 14.9. The number of nitrogens with zero attached hydrogens (tertiary/aromatic N) is 2. The molecule has 7 heteroatoms. The molecule has 0 saturated carbocycles. The summed E-state index contributed by atoms with van der Waals surface area (Å²) in [5.74, 6) is -1.20. The number of ether oxygens (including phenoxy) is 1. The predicted molar refractivity (Wildman–Crippen MR) is 74.1 cm³/mol. The Bertz CT molecular complexity index is 521. The van der Waals surface area contributed by atoms with E-state index in [1.54, 1.807) is 5.51 Å². The molecule has 1 aliphatic rings. The monoisotopic (exact) mass is 298 g/mol. The second-order valence-corrected chi connectivity index (χ2v) is 6.58. The van der Waals surface area contributed by atoms with Crippen LogP contribution < -0.4 is 0 Å². The fourth-order valence-electron chi connectivity index (χ4n) is 2.06. The van der Waals surface area contributed by atoms with E-state index in [2.05, 4.69) is 4.98 Å². The molecule has 0 bridgehead atoms. The highest BCUT2D eigenvalue weighted by molar-refractivity contribution is 7.11. The van der Waals surface area contributed by atoms with E-state index in [0.29, 0.717) is 11.4 Å². The third-order valence-electron chi connectivity index (χ3n) is 3.10. The Morgan fingerprint density at radius 2 is 2.20 bits per heavy atom. The molecule has 1 saturated heterocycles. The van der Waals surface area contributed by atoms with E-state index in [0.717, 1.165) is 5.69 Å². The zero-order valence-corrected chi connectivity index (χ0v) is 12.6. The quantitative estimate of drug-likeness (QED) is 0.892. The minimum Gasteiger partial charge on any atom is -0.479 e. The number of carbonyl (C=O) groups is 2. The maximum absolute atomic E-state index is 12.5. The van der Waals surface area contributed by atoms with Crippen molar-refractivity contribution in [1.82, 2.24) is 9.88 Å². The van der Waals surface area contributed by atoms with Crippen LogP contribution in [0.3, 0.4) is 0 Å². The molecule has 1 amide bonds. The topological polar surface area (TPSA) is 79.7 Å². The van der Waals surface area contributed by atoms with Crippen molar-refractivity contribution in [2.75, 3.05) is 19.7 Å². The molecule has 0 aliphatic carbocycles. The molecule has 2 rings (SSSR count). The highest BCUT2D eigenvalue weighted by atomic mass is 32.1. The molecule has 0 spiro atoms. The molecule has 20 heavy (non-hydrogen) atoms. The van der Waals surface area contributed by atoms with Gasteiger partial charge in [0.1, 0.15) is 4.88 Å². The molecule has 1 fully saturated rings. The van der Waals surface area contributed by atoms with Crippen LogP contribution in [0, 0.1) is 0 Å². The number of aromatic nitrogens is 1. The van der Waals surface area contributed by atoms with Gasteiger partial charge in [-0.3, -0.25) is 4.79 Å². The summed E-state index contributed by atoms with van der Waals surface area (Å²) in [5, 5.41) is 8.98. The van der Waals surface area contributed by atoms with Gasteiger partial charge in [-0.2, -0.15) is 0 Å². The number of thiazole rings is 1. The van der Waals surface area contributed by atoms with E-state index >= 15 is 0 Å². The molecule has 1 aliphatic heterocycles.